The Balaban J connectivity index is 1.82. The van der Waals surface area contributed by atoms with Crippen molar-refractivity contribution in [3.8, 4) is 0 Å². The summed E-state index contributed by atoms with van der Waals surface area (Å²) in [4.78, 5) is 30.1. The van der Waals surface area contributed by atoms with E-state index < -0.39 is 28.5 Å². The Kier molecular flexibility index (Phi) is 11.7. The average molecular weight is 660 g/mol. The molecular formula is C37H42ClN3O4S. The first-order chi connectivity index (χ1) is 21.8. The summed E-state index contributed by atoms with van der Waals surface area (Å²) in [6.07, 6.45) is 0.241. The van der Waals surface area contributed by atoms with Crippen LogP contribution in [0, 0.1) is 26.7 Å². The van der Waals surface area contributed by atoms with Crippen LogP contribution in [-0.2, 0) is 32.6 Å². The number of halogens is 1. The number of sulfonamides is 1. The Morgan fingerprint density at radius 3 is 2.09 bits per heavy atom. The zero-order chi connectivity index (χ0) is 33.4. The molecule has 0 aromatic heterocycles. The van der Waals surface area contributed by atoms with Crippen molar-refractivity contribution in [2.24, 2.45) is 5.92 Å². The Morgan fingerprint density at radius 2 is 1.46 bits per heavy atom. The van der Waals surface area contributed by atoms with E-state index in [4.69, 9.17) is 11.6 Å². The number of amides is 2. The van der Waals surface area contributed by atoms with Gasteiger partial charge in [-0.3, -0.25) is 13.9 Å². The number of nitrogens with zero attached hydrogens (tertiary/aromatic N) is 2. The lowest BCUT2D eigenvalue weighted by molar-refractivity contribution is -0.140. The largest absolute Gasteiger partial charge is 0.354 e. The van der Waals surface area contributed by atoms with E-state index in [2.05, 4.69) is 5.32 Å². The monoisotopic (exact) mass is 659 g/mol. The fourth-order valence-electron chi connectivity index (χ4n) is 5.24. The first-order valence-corrected chi connectivity index (χ1v) is 17.2. The first kappa shape index (κ1) is 34.7. The highest BCUT2D eigenvalue weighted by Gasteiger charge is 2.35. The minimum absolute atomic E-state index is 0.0529. The van der Waals surface area contributed by atoms with Crippen molar-refractivity contribution in [1.29, 1.82) is 0 Å². The topological polar surface area (TPSA) is 86.8 Å². The van der Waals surface area contributed by atoms with Gasteiger partial charge < -0.3 is 10.2 Å². The number of rotatable bonds is 13. The molecule has 2 amide bonds. The van der Waals surface area contributed by atoms with Gasteiger partial charge in [0.25, 0.3) is 10.0 Å². The fourth-order valence-corrected chi connectivity index (χ4v) is 6.94. The molecule has 4 rings (SSSR count). The number of hydrogen-bond acceptors (Lipinski definition) is 4. The fraction of sp³-hybridized carbons (Fsp3) is 0.297. The molecule has 0 fully saturated rings. The second kappa shape index (κ2) is 15.4. The predicted octanol–water partition coefficient (Wildman–Crippen LogP) is 6.87. The summed E-state index contributed by atoms with van der Waals surface area (Å²) in [7, 11) is -4.18. The van der Waals surface area contributed by atoms with Crippen molar-refractivity contribution < 1.29 is 18.0 Å². The Labute approximate surface area is 278 Å². The van der Waals surface area contributed by atoms with Gasteiger partial charge in [-0.05, 0) is 73.7 Å². The van der Waals surface area contributed by atoms with E-state index in [1.807, 2.05) is 83.1 Å². The normalized spacial score (nSPS) is 12.1. The maximum atomic E-state index is 14.6. The number of carbonyl (C=O) groups excluding carboxylic acids is 2. The van der Waals surface area contributed by atoms with Gasteiger partial charge in [-0.25, -0.2) is 8.42 Å². The van der Waals surface area contributed by atoms with E-state index in [0.717, 1.165) is 26.6 Å². The van der Waals surface area contributed by atoms with Crippen LogP contribution in [0.4, 0.5) is 5.69 Å². The van der Waals surface area contributed by atoms with Crippen molar-refractivity contribution in [2.45, 2.75) is 58.5 Å². The standard InChI is InChI=1S/C37H42ClN3O4S/c1-26(2)23-39-37(43)35(22-30-10-7-6-8-11-30)40(24-31-12-9-13-32(38)21-31)36(42)25-41(34-19-16-28(4)20-29(34)5)46(44,45)33-17-14-27(3)15-18-33/h6-21,26,35H,22-25H2,1-5H3,(H,39,43)/t35-/m0/s1. The lowest BCUT2D eigenvalue weighted by atomic mass is 10.0. The minimum atomic E-state index is -4.18. The van der Waals surface area contributed by atoms with Gasteiger partial charge in [-0.1, -0.05) is 103 Å². The molecule has 7 nitrogen and oxygen atoms in total. The maximum Gasteiger partial charge on any atom is 0.264 e. The van der Waals surface area contributed by atoms with Crippen molar-refractivity contribution in [1.82, 2.24) is 10.2 Å². The summed E-state index contributed by atoms with van der Waals surface area (Å²) in [5.74, 6) is -0.637. The van der Waals surface area contributed by atoms with E-state index in [1.54, 1.807) is 48.5 Å². The van der Waals surface area contributed by atoms with Crippen LogP contribution in [0.5, 0.6) is 0 Å². The van der Waals surface area contributed by atoms with Crippen LogP contribution in [0.25, 0.3) is 0 Å². The molecule has 0 saturated heterocycles. The zero-order valence-electron chi connectivity index (χ0n) is 27.0. The summed E-state index contributed by atoms with van der Waals surface area (Å²) >= 11 is 6.33. The number of aryl methyl sites for hydroxylation is 3. The second-order valence-electron chi connectivity index (χ2n) is 12.1. The molecule has 0 saturated carbocycles. The summed E-state index contributed by atoms with van der Waals surface area (Å²) in [5, 5.41) is 3.50. The van der Waals surface area contributed by atoms with Gasteiger partial charge >= 0.3 is 0 Å². The molecule has 4 aromatic carbocycles. The van der Waals surface area contributed by atoms with Crippen molar-refractivity contribution in [3.05, 3.63) is 130 Å². The molecular weight excluding hydrogens is 618 g/mol. The molecule has 1 N–H and O–H groups in total. The third-order valence-electron chi connectivity index (χ3n) is 7.71. The average Bonchev–Trinajstić information content (AvgIpc) is 3.01. The molecule has 0 radical (unpaired) electrons. The van der Waals surface area contributed by atoms with Crippen LogP contribution < -0.4 is 9.62 Å². The van der Waals surface area contributed by atoms with Crippen LogP contribution in [0.3, 0.4) is 0 Å². The van der Waals surface area contributed by atoms with Crippen molar-refractivity contribution in [2.75, 3.05) is 17.4 Å². The lowest BCUT2D eigenvalue weighted by Gasteiger charge is -2.34. The van der Waals surface area contributed by atoms with Crippen molar-refractivity contribution >= 4 is 39.1 Å². The molecule has 0 aliphatic rings. The van der Waals surface area contributed by atoms with Crippen LogP contribution in [-0.4, -0.2) is 44.3 Å². The number of benzene rings is 4. The van der Waals surface area contributed by atoms with Gasteiger partial charge in [0.1, 0.15) is 12.6 Å². The minimum Gasteiger partial charge on any atom is -0.354 e. The van der Waals surface area contributed by atoms with E-state index >= 15 is 0 Å². The Morgan fingerprint density at radius 1 is 0.804 bits per heavy atom. The number of anilines is 1. The van der Waals surface area contributed by atoms with E-state index in [-0.39, 0.29) is 29.7 Å². The number of hydrogen-bond donors (Lipinski definition) is 1. The summed E-state index contributed by atoms with van der Waals surface area (Å²) in [5.41, 5.74) is 4.57. The third-order valence-corrected chi connectivity index (χ3v) is 9.72. The highest BCUT2D eigenvalue weighted by atomic mass is 35.5. The summed E-state index contributed by atoms with van der Waals surface area (Å²) in [6, 6.07) is 27.7. The van der Waals surface area contributed by atoms with Gasteiger partial charge in [0.15, 0.2) is 0 Å². The quantitative estimate of drug-likeness (QED) is 0.170. The molecule has 242 valence electrons. The molecule has 0 unspecified atom stereocenters. The maximum absolute atomic E-state index is 14.6. The Bertz CT molecular complexity index is 1760. The van der Waals surface area contributed by atoms with E-state index in [0.29, 0.717) is 22.8 Å². The van der Waals surface area contributed by atoms with Gasteiger partial charge in [-0.2, -0.15) is 0 Å². The summed E-state index contributed by atoms with van der Waals surface area (Å²) in [6.45, 7) is 9.61. The van der Waals surface area contributed by atoms with Crippen LogP contribution in [0.2, 0.25) is 5.02 Å². The van der Waals surface area contributed by atoms with Gasteiger partial charge in [0, 0.05) is 24.5 Å². The third kappa shape index (κ3) is 8.98. The zero-order valence-corrected chi connectivity index (χ0v) is 28.6. The van der Waals surface area contributed by atoms with E-state index in [9.17, 15) is 18.0 Å². The second-order valence-corrected chi connectivity index (χ2v) is 14.4. The first-order valence-electron chi connectivity index (χ1n) is 15.4. The lowest BCUT2D eigenvalue weighted by Crippen LogP contribution is -2.53. The molecule has 0 spiro atoms. The SMILES string of the molecule is Cc1ccc(S(=O)(=O)N(CC(=O)N(Cc2cccc(Cl)c2)[C@@H](Cc2ccccc2)C(=O)NCC(C)C)c2ccc(C)cc2C)cc1. The highest BCUT2D eigenvalue weighted by Crippen LogP contribution is 2.29. The molecule has 1 atom stereocenters. The molecule has 0 aliphatic carbocycles. The number of nitrogens with one attached hydrogen (secondary N) is 1. The number of carbonyl (C=O) groups is 2. The molecule has 46 heavy (non-hydrogen) atoms. The van der Waals surface area contributed by atoms with Gasteiger partial charge in [0.2, 0.25) is 11.8 Å². The van der Waals surface area contributed by atoms with Crippen LogP contribution in [0.15, 0.2) is 102 Å². The van der Waals surface area contributed by atoms with E-state index in [1.165, 1.54) is 4.90 Å². The Hall–Kier alpha value is -4.14. The van der Waals surface area contributed by atoms with Crippen molar-refractivity contribution in [3.63, 3.8) is 0 Å². The van der Waals surface area contributed by atoms with Gasteiger partial charge in [0.05, 0.1) is 10.6 Å². The van der Waals surface area contributed by atoms with Gasteiger partial charge in [-0.15, -0.1) is 0 Å². The molecule has 9 heteroatoms. The smallest absolute Gasteiger partial charge is 0.264 e. The molecule has 0 heterocycles. The highest BCUT2D eigenvalue weighted by molar-refractivity contribution is 7.92. The molecule has 0 bridgehead atoms. The van der Waals surface area contributed by atoms with Crippen LogP contribution >= 0.6 is 11.6 Å². The summed E-state index contributed by atoms with van der Waals surface area (Å²) < 4.78 is 29.7. The molecule has 0 aliphatic heterocycles. The predicted molar refractivity (Wildman–Crippen MR) is 185 cm³/mol. The molecule has 4 aromatic rings. The van der Waals surface area contributed by atoms with Crippen LogP contribution in [0.1, 0.15) is 41.7 Å².